The van der Waals surface area contributed by atoms with E-state index < -0.39 is 10.0 Å². The molecule has 124 valence electrons. The molecule has 0 saturated heterocycles. The Morgan fingerprint density at radius 2 is 2.00 bits per heavy atom. The molecule has 1 rings (SSSR count). The van der Waals surface area contributed by atoms with Crippen LogP contribution in [0.5, 0.6) is 0 Å². The third-order valence-corrected chi connectivity index (χ3v) is 4.28. The molecule has 0 heterocycles. The molecule has 0 spiro atoms. The molecule has 0 saturated carbocycles. The van der Waals surface area contributed by atoms with Crippen LogP contribution in [0.1, 0.15) is 17.5 Å². The Balaban J connectivity index is 2.85. The molecule has 0 atom stereocenters. The van der Waals surface area contributed by atoms with Gasteiger partial charge in [-0.25, -0.2) is 8.42 Å². The summed E-state index contributed by atoms with van der Waals surface area (Å²) in [6.07, 6.45) is 1.79. The van der Waals surface area contributed by atoms with Gasteiger partial charge in [0.25, 0.3) is 0 Å². The highest BCUT2D eigenvalue weighted by molar-refractivity contribution is 7.92. The second kappa shape index (κ2) is 8.14. The van der Waals surface area contributed by atoms with Gasteiger partial charge in [-0.1, -0.05) is 17.7 Å². The molecule has 0 unspecified atom stereocenters. The summed E-state index contributed by atoms with van der Waals surface area (Å²) in [4.78, 5) is 12.0. The first-order valence-corrected chi connectivity index (χ1v) is 8.91. The van der Waals surface area contributed by atoms with Gasteiger partial charge in [0.05, 0.1) is 11.9 Å². The van der Waals surface area contributed by atoms with Crippen molar-refractivity contribution >= 4 is 21.6 Å². The molecule has 0 aliphatic carbocycles. The molecule has 0 aromatic heterocycles. The largest absolute Gasteiger partial charge is 0.385 e. The second-order valence-electron chi connectivity index (χ2n) is 5.26. The number of amides is 1. The van der Waals surface area contributed by atoms with Crippen LogP contribution in [-0.2, 0) is 19.6 Å². The SMILES string of the molecule is COCCCNC(=O)CN(c1ccc(C)cc1C)S(C)(=O)=O. The van der Waals surface area contributed by atoms with Crippen LogP contribution < -0.4 is 9.62 Å². The fraction of sp³-hybridized carbons (Fsp3) is 0.533. The summed E-state index contributed by atoms with van der Waals surface area (Å²) in [6, 6.07) is 5.45. The molecule has 1 aromatic rings. The van der Waals surface area contributed by atoms with E-state index in [2.05, 4.69) is 5.32 Å². The first-order chi connectivity index (χ1) is 10.3. The van der Waals surface area contributed by atoms with Crippen molar-refractivity contribution in [3.05, 3.63) is 29.3 Å². The number of methoxy groups -OCH3 is 1. The van der Waals surface area contributed by atoms with Crippen molar-refractivity contribution in [2.24, 2.45) is 0 Å². The van der Waals surface area contributed by atoms with Crippen LogP contribution >= 0.6 is 0 Å². The number of hydrogen-bond acceptors (Lipinski definition) is 4. The van der Waals surface area contributed by atoms with E-state index in [0.717, 1.165) is 21.7 Å². The highest BCUT2D eigenvalue weighted by Crippen LogP contribution is 2.23. The molecular weight excluding hydrogens is 304 g/mol. The van der Waals surface area contributed by atoms with E-state index in [4.69, 9.17) is 4.74 Å². The predicted molar refractivity (Wildman–Crippen MR) is 87.6 cm³/mol. The van der Waals surface area contributed by atoms with Gasteiger partial charge in [-0.3, -0.25) is 9.10 Å². The first-order valence-electron chi connectivity index (χ1n) is 7.06. The van der Waals surface area contributed by atoms with Crippen molar-refractivity contribution < 1.29 is 17.9 Å². The Morgan fingerprint density at radius 1 is 1.32 bits per heavy atom. The van der Waals surface area contributed by atoms with Crippen molar-refractivity contribution in [3.63, 3.8) is 0 Å². The van der Waals surface area contributed by atoms with Gasteiger partial charge in [0, 0.05) is 20.3 Å². The van der Waals surface area contributed by atoms with Crippen molar-refractivity contribution in [2.45, 2.75) is 20.3 Å². The van der Waals surface area contributed by atoms with E-state index >= 15 is 0 Å². The van der Waals surface area contributed by atoms with Crippen LogP contribution in [0.3, 0.4) is 0 Å². The van der Waals surface area contributed by atoms with Gasteiger partial charge in [-0.2, -0.15) is 0 Å². The lowest BCUT2D eigenvalue weighted by Gasteiger charge is -2.24. The molecule has 0 aliphatic rings. The highest BCUT2D eigenvalue weighted by atomic mass is 32.2. The number of nitrogens with one attached hydrogen (secondary N) is 1. The van der Waals surface area contributed by atoms with Gasteiger partial charge >= 0.3 is 0 Å². The third kappa shape index (κ3) is 5.65. The predicted octanol–water partition coefficient (Wildman–Crippen LogP) is 1.22. The molecule has 0 radical (unpaired) electrons. The Kier molecular flexibility index (Phi) is 6.83. The molecule has 0 fully saturated rings. The maximum atomic E-state index is 12.0. The summed E-state index contributed by atoms with van der Waals surface area (Å²) in [6.45, 7) is 4.54. The van der Waals surface area contributed by atoms with Crippen molar-refractivity contribution in [3.8, 4) is 0 Å². The molecule has 6 nitrogen and oxygen atoms in total. The highest BCUT2D eigenvalue weighted by Gasteiger charge is 2.22. The molecule has 1 aromatic carbocycles. The number of rotatable bonds is 8. The lowest BCUT2D eigenvalue weighted by molar-refractivity contribution is -0.119. The number of nitrogens with zero attached hydrogens (tertiary/aromatic N) is 1. The monoisotopic (exact) mass is 328 g/mol. The summed E-state index contributed by atoms with van der Waals surface area (Å²) in [5, 5.41) is 2.70. The molecule has 22 heavy (non-hydrogen) atoms. The second-order valence-corrected chi connectivity index (χ2v) is 7.16. The Labute approximate surface area is 132 Å². The van der Waals surface area contributed by atoms with Crippen LogP contribution in [0.4, 0.5) is 5.69 Å². The summed E-state index contributed by atoms with van der Waals surface area (Å²) in [5.74, 6) is -0.332. The minimum absolute atomic E-state index is 0.226. The molecule has 0 aliphatic heterocycles. The van der Waals surface area contributed by atoms with Crippen LogP contribution in [0.15, 0.2) is 18.2 Å². The lowest BCUT2D eigenvalue weighted by Crippen LogP contribution is -2.41. The smallest absolute Gasteiger partial charge is 0.240 e. The van der Waals surface area contributed by atoms with Gasteiger partial charge in [-0.15, -0.1) is 0 Å². The summed E-state index contributed by atoms with van der Waals surface area (Å²) >= 11 is 0. The van der Waals surface area contributed by atoms with E-state index in [9.17, 15) is 13.2 Å². The summed E-state index contributed by atoms with van der Waals surface area (Å²) in [5.41, 5.74) is 2.39. The molecular formula is C15H24N2O4S. The van der Waals surface area contributed by atoms with Gasteiger partial charge in [0.15, 0.2) is 0 Å². The van der Waals surface area contributed by atoms with E-state index in [1.807, 2.05) is 26.0 Å². The standard InChI is InChI=1S/C15H24N2O4S/c1-12-6-7-14(13(2)10-12)17(22(4,19)20)11-15(18)16-8-5-9-21-3/h6-7,10H,5,8-9,11H2,1-4H3,(H,16,18). The first kappa shape index (κ1) is 18.4. The van der Waals surface area contributed by atoms with Gasteiger partial charge in [0.2, 0.25) is 15.9 Å². The van der Waals surface area contributed by atoms with E-state index in [1.165, 1.54) is 0 Å². The zero-order chi connectivity index (χ0) is 16.8. The fourth-order valence-electron chi connectivity index (χ4n) is 2.10. The zero-order valence-corrected chi connectivity index (χ0v) is 14.4. The van der Waals surface area contributed by atoms with E-state index in [0.29, 0.717) is 25.3 Å². The minimum Gasteiger partial charge on any atom is -0.385 e. The van der Waals surface area contributed by atoms with Crippen molar-refractivity contribution in [2.75, 3.05) is 37.4 Å². The van der Waals surface area contributed by atoms with Crippen molar-refractivity contribution in [1.82, 2.24) is 5.32 Å². The van der Waals surface area contributed by atoms with E-state index in [-0.39, 0.29) is 12.5 Å². The normalized spacial score (nSPS) is 11.3. The Morgan fingerprint density at radius 3 is 2.55 bits per heavy atom. The number of aryl methyl sites for hydroxylation is 2. The maximum absolute atomic E-state index is 12.0. The third-order valence-electron chi connectivity index (χ3n) is 3.16. The number of hydrogen-bond donors (Lipinski definition) is 1. The average molecular weight is 328 g/mol. The maximum Gasteiger partial charge on any atom is 0.240 e. The summed E-state index contributed by atoms with van der Waals surface area (Å²) < 4.78 is 30.0. The van der Waals surface area contributed by atoms with E-state index in [1.54, 1.807) is 13.2 Å². The number of anilines is 1. The average Bonchev–Trinajstić information content (AvgIpc) is 2.41. The van der Waals surface area contributed by atoms with Gasteiger partial charge in [0.1, 0.15) is 6.54 Å². The van der Waals surface area contributed by atoms with Crippen LogP contribution in [0.2, 0.25) is 0 Å². The molecule has 7 heteroatoms. The number of ether oxygens (including phenoxy) is 1. The quantitative estimate of drug-likeness (QED) is 0.728. The van der Waals surface area contributed by atoms with Gasteiger partial charge in [-0.05, 0) is 31.9 Å². The fourth-order valence-corrected chi connectivity index (χ4v) is 3.01. The van der Waals surface area contributed by atoms with Crippen LogP contribution in [0.25, 0.3) is 0 Å². The molecule has 1 N–H and O–H groups in total. The van der Waals surface area contributed by atoms with Crippen molar-refractivity contribution in [1.29, 1.82) is 0 Å². The minimum atomic E-state index is -3.54. The van der Waals surface area contributed by atoms with Crippen LogP contribution in [0, 0.1) is 13.8 Å². The Hall–Kier alpha value is -1.60. The zero-order valence-electron chi connectivity index (χ0n) is 13.5. The Bertz CT molecular complexity index is 614. The number of carbonyl (C=O) groups is 1. The number of benzene rings is 1. The molecule has 1 amide bonds. The number of sulfonamides is 1. The van der Waals surface area contributed by atoms with Crippen LogP contribution in [-0.4, -0.2) is 47.4 Å². The summed E-state index contributed by atoms with van der Waals surface area (Å²) in [7, 11) is -1.95. The molecule has 0 bridgehead atoms. The number of carbonyl (C=O) groups excluding carboxylic acids is 1. The van der Waals surface area contributed by atoms with Gasteiger partial charge < -0.3 is 10.1 Å². The topological polar surface area (TPSA) is 75.7 Å². The lowest BCUT2D eigenvalue weighted by atomic mass is 10.1.